The van der Waals surface area contributed by atoms with Crippen molar-refractivity contribution >= 4 is 11.3 Å². The van der Waals surface area contributed by atoms with Gasteiger partial charge in [-0.2, -0.15) is 0 Å². The van der Waals surface area contributed by atoms with E-state index in [2.05, 4.69) is 4.98 Å². The highest BCUT2D eigenvalue weighted by Gasteiger charge is 2.11. The predicted molar refractivity (Wildman–Crippen MR) is 53.9 cm³/mol. The molecule has 2 aromatic rings. The lowest BCUT2D eigenvalue weighted by atomic mass is 10.2. The minimum absolute atomic E-state index is 0.482. The SMILES string of the molecule is Cc1ccc(C(O)c2cc[nH]c2)s1. The highest BCUT2D eigenvalue weighted by atomic mass is 32.1. The van der Waals surface area contributed by atoms with Gasteiger partial charge in [0.15, 0.2) is 0 Å². The van der Waals surface area contributed by atoms with Crippen molar-refractivity contribution in [3.8, 4) is 0 Å². The van der Waals surface area contributed by atoms with Gasteiger partial charge in [-0.15, -0.1) is 11.3 Å². The molecule has 0 spiro atoms. The summed E-state index contributed by atoms with van der Waals surface area (Å²) in [5.41, 5.74) is 0.918. The first-order valence-electron chi connectivity index (χ1n) is 4.14. The first-order chi connectivity index (χ1) is 6.27. The van der Waals surface area contributed by atoms with Crippen LogP contribution < -0.4 is 0 Å². The smallest absolute Gasteiger partial charge is 0.115 e. The van der Waals surface area contributed by atoms with Crippen LogP contribution in [0.15, 0.2) is 30.6 Å². The van der Waals surface area contributed by atoms with Gasteiger partial charge in [0, 0.05) is 27.7 Å². The van der Waals surface area contributed by atoms with Gasteiger partial charge in [0.25, 0.3) is 0 Å². The van der Waals surface area contributed by atoms with E-state index in [0.717, 1.165) is 10.4 Å². The van der Waals surface area contributed by atoms with Crippen molar-refractivity contribution in [3.05, 3.63) is 45.9 Å². The van der Waals surface area contributed by atoms with Gasteiger partial charge in [-0.3, -0.25) is 0 Å². The molecule has 2 nitrogen and oxygen atoms in total. The molecule has 2 N–H and O–H groups in total. The Balaban J connectivity index is 2.28. The fraction of sp³-hybridized carbons (Fsp3) is 0.200. The second-order valence-electron chi connectivity index (χ2n) is 3.00. The number of aromatic nitrogens is 1. The summed E-state index contributed by atoms with van der Waals surface area (Å²) in [6.45, 7) is 2.04. The lowest BCUT2D eigenvalue weighted by Gasteiger charge is -2.04. The molecule has 0 bridgehead atoms. The van der Waals surface area contributed by atoms with Crippen LogP contribution in [0.2, 0.25) is 0 Å². The Labute approximate surface area is 80.9 Å². The predicted octanol–water partition coefficient (Wildman–Crippen LogP) is 2.47. The highest BCUT2D eigenvalue weighted by Crippen LogP contribution is 2.27. The minimum Gasteiger partial charge on any atom is -0.383 e. The van der Waals surface area contributed by atoms with E-state index in [1.165, 1.54) is 4.88 Å². The molecule has 0 radical (unpaired) electrons. The molecule has 0 aliphatic rings. The molecule has 2 rings (SSSR count). The number of aliphatic hydroxyl groups is 1. The van der Waals surface area contributed by atoms with Crippen LogP contribution in [0.25, 0.3) is 0 Å². The molecule has 0 saturated carbocycles. The number of nitrogens with one attached hydrogen (secondary N) is 1. The van der Waals surface area contributed by atoms with Gasteiger partial charge < -0.3 is 10.1 Å². The van der Waals surface area contributed by atoms with Crippen LogP contribution in [0.4, 0.5) is 0 Å². The molecule has 0 fully saturated rings. The highest BCUT2D eigenvalue weighted by molar-refractivity contribution is 7.12. The first-order valence-corrected chi connectivity index (χ1v) is 4.96. The zero-order valence-electron chi connectivity index (χ0n) is 7.32. The summed E-state index contributed by atoms with van der Waals surface area (Å²) in [5, 5.41) is 9.88. The average Bonchev–Trinajstić information content (AvgIpc) is 2.72. The van der Waals surface area contributed by atoms with Crippen LogP contribution in [0.5, 0.6) is 0 Å². The van der Waals surface area contributed by atoms with Crippen molar-refractivity contribution in [2.45, 2.75) is 13.0 Å². The lowest BCUT2D eigenvalue weighted by Crippen LogP contribution is -1.93. The third-order valence-corrected chi connectivity index (χ3v) is 3.02. The molecule has 0 amide bonds. The Morgan fingerprint density at radius 3 is 2.77 bits per heavy atom. The molecule has 0 aliphatic heterocycles. The van der Waals surface area contributed by atoms with E-state index >= 15 is 0 Å². The summed E-state index contributed by atoms with van der Waals surface area (Å²) < 4.78 is 0. The Bertz CT molecular complexity index is 377. The molecule has 3 heteroatoms. The summed E-state index contributed by atoms with van der Waals surface area (Å²) >= 11 is 1.63. The zero-order chi connectivity index (χ0) is 9.26. The van der Waals surface area contributed by atoms with Crippen LogP contribution >= 0.6 is 11.3 Å². The van der Waals surface area contributed by atoms with Crippen molar-refractivity contribution < 1.29 is 5.11 Å². The Morgan fingerprint density at radius 2 is 2.23 bits per heavy atom. The van der Waals surface area contributed by atoms with Crippen LogP contribution in [0.3, 0.4) is 0 Å². The van der Waals surface area contributed by atoms with Crippen molar-refractivity contribution in [1.29, 1.82) is 0 Å². The second-order valence-corrected chi connectivity index (χ2v) is 4.31. The van der Waals surface area contributed by atoms with Crippen molar-refractivity contribution in [2.24, 2.45) is 0 Å². The van der Waals surface area contributed by atoms with Gasteiger partial charge in [0.2, 0.25) is 0 Å². The maximum absolute atomic E-state index is 9.88. The molecule has 1 atom stereocenters. The Kier molecular flexibility index (Phi) is 2.20. The Morgan fingerprint density at radius 1 is 1.38 bits per heavy atom. The second kappa shape index (κ2) is 3.36. The average molecular weight is 193 g/mol. The summed E-state index contributed by atoms with van der Waals surface area (Å²) in [7, 11) is 0. The molecule has 2 aromatic heterocycles. The number of H-pyrrole nitrogens is 1. The van der Waals surface area contributed by atoms with E-state index in [9.17, 15) is 5.11 Å². The fourth-order valence-corrected chi connectivity index (χ4v) is 2.16. The van der Waals surface area contributed by atoms with E-state index in [1.54, 1.807) is 11.3 Å². The molecule has 0 aliphatic carbocycles. The molecule has 0 aromatic carbocycles. The van der Waals surface area contributed by atoms with E-state index in [-0.39, 0.29) is 0 Å². The normalized spacial score (nSPS) is 13.1. The number of aryl methyl sites for hydroxylation is 1. The number of aliphatic hydroxyl groups excluding tert-OH is 1. The number of rotatable bonds is 2. The zero-order valence-corrected chi connectivity index (χ0v) is 8.14. The molecule has 2 heterocycles. The maximum atomic E-state index is 9.88. The largest absolute Gasteiger partial charge is 0.383 e. The van der Waals surface area contributed by atoms with Gasteiger partial charge in [0.1, 0.15) is 6.10 Å². The van der Waals surface area contributed by atoms with Gasteiger partial charge >= 0.3 is 0 Å². The van der Waals surface area contributed by atoms with Gasteiger partial charge in [0.05, 0.1) is 0 Å². The van der Waals surface area contributed by atoms with Crippen LogP contribution in [0.1, 0.15) is 21.4 Å². The number of thiophene rings is 1. The fourth-order valence-electron chi connectivity index (χ4n) is 1.27. The summed E-state index contributed by atoms with van der Waals surface area (Å²) in [4.78, 5) is 5.16. The first kappa shape index (κ1) is 8.53. The molecule has 68 valence electrons. The summed E-state index contributed by atoms with van der Waals surface area (Å²) in [5.74, 6) is 0. The molecular weight excluding hydrogens is 182 g/mol. The van der Waals surface area contributed by atoms with E-state index in [1.807, 2.05) is 37.5 Å². The molecular formula is C10H11NOS. The van der Waals surface area contributed by atoms with Crippen LogP contribution in [0, 0.1) is 6.92 Å². The van der Waals surface area contributed by atoms with Crippen molar-refractivity contribution in [3.63, 3.8) is 0 Å². The van der Waals surface area contributed by atoms with Gasteiger partial charge in [-0.25, -0.2) is 0 Å². The maximum Gasteiger partial charge on any atom is 0.115 e. The minimum atomic E-state index is -0.482. The Hall–Kier alpha value is -1.06. The topological polar surface area (TPSA) is 36.0 Å². The van der Waals surface area contributed by atoms with Crippen molar-refractivity contribution in [1.82, 2.24) is 4.98 Å². The monoisotopic (exact) mass is 193 g/mol. The molecule has 0 saturated heterocycles. The quantitative estimate of drug-likeness (QED) is 0.755. The van der Waals surface area contributed by atoms with Crippen molar-refractivity contribution in [2.75, 3.05) is 0 Å². The number of aromatic amines is 1. The standard InChI is InChI=1S/C10H11NOS/c1-7-2-3-9(13-7)10(12)8-4-5-11-6-8/h2-6,10-12H,1H3. The van der Waals surface area contributed by atoms with E-state index in [4.69, 9.17) is 0 Å². The van der Waals surface area contributed by atoms with Crippen LogP contribution in [-0.4, -0.2) is 10.1 Å². The third-order valence-electron chi connectivity index (χ3n) is 1.97. The van der Waals surface area contributed by atoms with E-state index in [0.29, 0.717) is 0 Å². The van der Waals surface area contributed by atoms with Gasteiger partial charge in [-0.05, 0) is 25.1 Å². The third kappa shape index (κ3) is 1.66. The van der Waals surface area contributed by atoms with E-state index < -0.39 is 6.10 Å². The van der Waals surface area contributed by atoms with Gasteiger partial charge in [-0.1, -0.05) is 0 Å². The lowest BCUT2D eigenvalue weighted by molar-refractivity contribution is 0.224. The summed E-state index contributed by atoms with van der Waals surface area (Å²) in [6.07, 6.45) is 3.16. The number of hydrogen-bond donors (Lipinski definition) is 2. The molecule has 1 unspecified atom stereocenters. The molecule has 13 heavy (non-hydrogen) atoms. The van der Waals surface area contributed by atoms with Crippen LogP contribution in [-0.2, 0) is 0 Å². The summed E-state index contributed by atoms with van der Waals surface area (Å²) in [6, 6.07) is 5.88. The number of hydrogen-bond acceptors (Lipinski definition) is 2.